The topological polar surface area (TPSA) is 157 Å². The quantitative estimate of drug-likeness (QED) is 0.257. The lowest BCUT2D eigenvalue weighted by Gasteiger charge is -2.36. The molecule has 9 nitrogen and oxygen atoms in total. The van der Waals surface area contributed by atoms with Gasteiger partial charge in [-0.2, -0.15) is 0 Å². The second-order valence-electron chi connectivity index (χ2n) is 9.02. The molecule has 0 amide bonds. The molecule has 0 aromatic heterocycles. The Morgan fingerprint density at radius 3 is 1.97 bits per heavy atom. The average molecular weight is 491 g/mol. The standard InChI is InChI=1S/C26H34O9/c27-18-7-1-16(2-8-18)5-11-20(29)13-21(30)14-22(12-6-17-3-9-19(28)10-4-17)35-26-25(33)24(32)23(31)15-34-26/h1-4,7-10,20,22-29,31-33H,5-6,11-15H2/t20-,22-,23+,24-,25+,26-/m0/s1. The van der Waals surface area contributed by atoms with Crippen LogP contribution in [-0.2, 0) is 27.1 Å². The van der Waals surface area contributed by atoms with Gasteiger partial charge in [0.25, 0.3) is 0 Å². The molecule has 0 aliphatic carbocycles. The molecule has 6 N–H and O–H groups in total. The van der Waals surface area contributed by atoms with E-state index >= 15 is 0 Å². The highest BCUT2D eigenvalue weighted by atomic mass is 16.7. The Kier molecular flexibility index (Phi) is 10.0. The highest BCUT2D eigenvalue weighted by Crippen LogP contribution is 2.22. The van der Waals surface area contributed by atoms with Crippen LogP contribution in [0.4, 0.5) is 0 Å². The van der Waals surface area contributed by atoms with E-state index in [4.69, 9.17) is 9.47 Å². The average Bonchev–Trinajstić information content (AvgIpc) is 2.83. The van der Waals surface area contributed by atoms with Gasteiger partial charge in [0.15, 0.2) is 6.29 Å². The van der Waals surface area contributed by atoms with Crippen LogP contribution in [0.5, 0.6) is 11.5 Å². The maximum absolute atomic E-state index is 12.7. The van der Waals surface area contributed by atoms with Gasteiger partial charge in [0.05, 0.1) is 18.8 Å². The summed E-state index contributed by atoms with van der Waals surface area (Å²) in [5, 5.41) is 59.0. The third-order valence-corrected chi connectivity index (χ3v) is 6.09. The van der Waals surface area contributed by atoms with Gasteiger partial charge in [-0.25, -0.2) is 0 Å². The second kappa shape index (κ2) is 13.0. The number of carbonyl (C=O) groups is 1. The molecular formula is C26H34O9. The van der Waals surface area contributed by atoms with Crippen molar-refractivity contribution in [1.82, 2.24) is 0 Å². The maximum Gasteiger partial charge on any atom is 0.186 e. The number of benzene rings is 2. The molecule has 0 saturated carbocycles. The molecule has 0 radical (unpaired) electrons. The van der Waals surface area contributed by atoms with E-state index in [-0.39, 0.29) is 36.7 Å². The highest BCUT2D eigenvalue weighted by Gasteiger charge is 2.39. The number of rotatable bonds is 12. The lowest BCUT2D eigenvalue weighted by Crippen LogP contribution is -2.54. The van der Waals surface area contributed by atoms with Gasteiger partial charge < -0.3 is 40.1 Å². The first-order chi connectivity index (χ1) is 16.7. The van der Waals surface area contributed by atoms with Crippen LogP contribution in [0.15, 0.2) is 48.5 Å². The summed E-state index contributed by atoms with van der Waals surface area (Å²) in [5.41, 5.74) is 1.85. The van der Waals surface area contributed by atoms with E-state index < -0.39 is 36.8 Å². The zero-order valence-electron chi connectivity index (χ0n) is 19.4. The third-order valence-electron chi connectivity index (χ3n) is 6.09. The van der Waals surface area contributed by atoms with Crippen molar-refractivity contribution >= 4 is 5.78 Å². The number of Topliss-reactive ketones (excluding diaryl/α,β-unsaturated/α-hetero) is 1. The van der Waals surface area contributed by atoms with E-state index in [1.54, 1.807) is 48.5 Å². The monoisotopic (exact) mass is 490 g/mol. The number of aliphatic hydroxyl groups excluding tert-OH is 4. The number of aryl methyl sites for hydroxylation is 2. The van der Waals surface area contributed by atoms with Gasteiger partial charge in [0, 0.05) is 12.8 Å². The number of ketones is 1. The summed E-state index contributed by atoms with van der Waals surface area (Å²) < 4.78 is 11.2. The van der Waals surface area contributed by atoms with Crippen molar-refractivity contribution in [1.29, 1.82) is 0 Å². The van der Waals surface area contributed by atoms with Crippen LogP contribution >= 0.6 is 0 Å². The smallest absolute Gasteiger partial charge is 0.186 e. The minimum absolute atomic E-state index is 0.0282. The number of hydrogen-bond donors (Lipinski definition) is 6. The molecule has 35 heavy (non-hydrogen) atoms. The predicted octanol–water partition coefficient (Wildman–Crippen LogP) is 1.20. The minimum Gasteiger partial charge on any atom is -0.508 e. The van der Waals surface area contributed by atoms with E-state index in [1.807, 2.05) is 0 Å². The summed E-state index contributed by atoms with van der Waals surface area (Å²) in [7, 11) is 0. The zero-order valence-corrected chi connectivity index (χ0v) is 19.4. The van der Waals surface area contributed by atoms with Gasteiger partial charge in [0.2, 0.25) is 0 Å². The van der Waals surface area contributed by atoms with Crippen molar-refractivity contribution in [2.24, 2.45) is 0 Å². The summed E-state index contributed by atoms with van der Waals surface area (Å²) in [5.74, 6) is 0.0889. The van der Waals surface area contributed by atoms with Crippen molar-refractivity contribution in [3.05, 3.63) is 59.7 Å². The van der Waals surface area contributed by atoms with Crippen molar-refractivity contribution in [3.63, 3.8) is 0 Å². The molecule has 2 aromatic rings. The van der Waals surface area contributed by atoms with Crippen LogP contribution in [0, 0.1) is 0 Å². The Hall–Kier alpha value is -2.53. The Bertz CT molecular complexity index is 915. The summed E-state index contributed by atoms with van der Waals surface area (Å²) in [6.07, 6.45) is -5.08. The molecule has 0 spiro atoms. The van der Waals surface area contributed by atoms with Gasteiger partial charge in [0.1, 0.15) is 35.6 Å². The van der Waals surface area contributed by atoms with Crippen LogP contribution in [0.3, 0.4) is 0 Å². The molecule has 0 unspecified atom stereocenters. The summed E-state index contributed by atoms with van der Waals surface area (Å²) in [6.45, 7) is -0.211. The summed E-state index contributed by atoms with van der Waals surface area (Å²) >= 11 is 0. The summed E-state index contributed by atoms with van der Waals surface area (Å²) in [4.78, 5) is 12.7. The lowest BCUT2D eigenvalue weighted by molar-refractivity contribution is -0.282. The number of carbonyl (C=O) groups excluding carboxylic acids is 1. The molecule has 9 heteroatoms. The Morgan fingerprint density at radius 2 is 1.40 bits per heavy atom. The van der Waals surface area contributed by atoms with E-state index in [9.17, 15) is 35.4 Å². The number of aliphatic hydroxyl groups is 4. The zero-order chi connectivity index (χ0) is 25.4. The van der Waals surface area contributed by atoms with Crippen molar-refractivity contribution < 1.29 is 44.9 Å². The Labute approximate surface area is 204 Å². The molecule has 1 heterocycles. The fraction of sp³-hybridized carbons (Fsp3) is 0.500. The van der Waals surface area contributed by atoms with E-state index in [2.05, 4.69) is 0 Å². The van der Waals surface area contributed by atoms with Crippen LogP contribution in [0.1, 0.15) is 36.8 Å². The fourth-order valence-electron chi connectivity index (χ4n) is 4.00. The number of aromatic hydroxyl groups is 2. The molecule has 2 aromatic carbocycles. The number of hydrogen-bond acceptors (Lipinski definition) is 9. The normalized spacial score (nSPS) is 24.1. The van der Waals surface area contributed by atoms with E-state index in [1.165, 1.54) is 0 Å². The van der Waals surface area contributed by atoms with Gasteiger partial charge in [-0.15, -0.1) is 0 Å². The second-order valence-corrected chi connectivity index (χ2v) is 9.02. The highest BCUT2D eigenvalue weighted by molar-refractivity contribution is 5.79. The van der Waals surface area contributed by atoms with Crippen LogP contribution in [-0.4, -0.2) is 79.8 Å². The first-order valence-corrected chi connectivity index (χ1v) is 11.8. The van der Waals surface area contributed by atoms with E-state index in [0.29, 0.717) is 25.7 Å². The van der Waals surface area contributed by atoms with Gasteiger partial charge in [-0.3, -0.25) is 4.79 Å². The van der Waals surface area contributed by atoms with Gasteiger partial charge in [-0.05, 0) is 61.1 Å². The molecular weight excluding hydrogens is 456 g/mol. The number of ether oxygens (including phenoxy) is 2. The van der Waals surface area contributed by atoms with Crippen molar-refractivity contribution in [2.75, 3.05) is 6.61 Å². The van der Waals surface area contributed by atoms with Crippen LogP contribution < -0.4 is 0 Å². The molecule has 1 aliphatic heterocycles. The minimum atomic E-state index is -1.47. The molecule has 1 fully saturated rings. The molecule has 0 bridgehead atoms. The maximum atomic E-state index is 12.7. The van der Waals surface area contributed by atoms with Crippen molar-refractivity contribution in [3.8, 4) is 11.5 Å². The molecule has 6 atom stereocenters. The molecule has 1 saturated heterocycles. The fourth-order valence-corrected chi connectivity index (χ4v) is 4.00. The van der Waals surface area contributed by atoms with Gasteiger partial charge >= 0.3 is 0 Å². The first kappa shape index (κ1) is 27.1. The molecule has 1 aliphatic rings. The SMILES string of the molecule is O=C(C[C@@H](O)CCc1ccc(O)cc1)C[C@H](CCc1ccc(O)cc1)O[C@@H]1OC[C@@H](O)[C@H](O)[C@H]1O. The Morgan fingerprint density at radius 1 is 0.857 bits per heavy atom. The predicted molar refractivity (Wildman–Crippen MR) is 126 cm³/mol. The lowest BCUT2D eigenvalue weighted by atomic mass is 9.98. The number of phenols is 2. The van der Waals surface area contributed by atoms with Crippen molar-refractivity contribution in [2.45, 2.75) is 75.3 Å². The Balaban J connectivity index is 1.55. The van der Waals surface area contributed by atoms with Crippen LogP contribution in [0.2, 0.25) is 0 Å². The third kappa shape index (κ3) is 8.57. The first-order valence-electron chi connectivity index (χ1n) is 11.8. The van der Waals surface area contributed by atoms with Crippen LogP contribution in [0.25, 0.3) is 0 Å². The van der Waals surface area contributed by atoms with Gasteiger partial charge in [-0.1, -0.05) is 24.3 Å². The largest absolute Gasteiger partial charge is 0.508 e. The molecule has 192 valence electrons. The molecule has 3 rings (SSSR count). The van der Waals surface area contributed by atoms with E-state index in [0.717, 1.165) is 11.1 Å². The summed E-state index contributed by atoms with van der Waals surface area (Å²) in [6, 6.07) is 13.3. The number of phenolic OH excluding ortho intramolecular Hbond substituents is 2.